The van der Waals surface area contributed by atoms with Crippen molar-refractivity contribution in [3.05, 3.63) is 126 Å². The van der Waals surface area contributed by atoms with E-state index in [4.69, 9.17) is 4.74 Å². The highest BCUT2D eigenvalue weighted by molar-refractivity contribution is 5.98. The lowest BCUT2D eigenvalue weighted by Gasteiger charge is -2.18. The van der Waals surface area contributed by atoms with Crippen LogP contribution in [-0.4, -0.2) is 30.3 Å². The van der Waals surface area contributed by atoms with Crippen LogP contribution in [0.1, 0.15) is 21.5 Å². The second-order valence-electron chi connectivity index (χ2n) is 8.40. The van der Waals surface area contributed by atoms with Gasteiger partial charge in [0.05, 0.1) is 12.2 Å². The molecular formula is C30H29N3O3. The number of rotatable bonds is 10. The number of nitrogens with zero attached hydrogens (tertiary/aromatic N) is 1. The Labute approximate surface area is 211 Å². The van der Waals surface area contributed by atoms with E-state index in [1.54, 1.807) is 36.2 Å². The average molecular weight is 480 g/mol. The molecule has 4 aromatic rings. The molecule has 182 valence electrons. The minimum atomic E-state index is -0.227. The Bertz CT molecular complexity index is 1290. The molecular weight excluding hydrogens is 450 g/mol. The molecule has 6 heteroatoms. The van der Waals surface area contributed by atoms with Crippen molar-refractivity contribution in [1.29, 1.82) is 0 Å². The number of anilines is 2. The number of amides is 2. The molecule has 36 heavy (non-hydrogen) atoms. The fourth-order valence-electron chi connectivity index (χ4n) is 3.73. The third kappa shape index (κ3) is 6.96. The zero-order chi connectivity index (χ0) is 25.2. The van der Waals surface area contributed by atoms with E-state index in [0.29, 0.717) is 30.2 Å². The monoisotopic (exact) mass is 479 g/mol. The van der Waals surface area contributed by atoms with E-state index < -0.39 is 0 Å². The molecule has 2 amide bonds. The molecule has 6 nitrogen and oxygen atoms in total. The molecule has 0 aromatic heterocycles. The predicted molar refractivity (Wildman–Crippen MR) is 143 cm³/mol. The summed E-state index contributed by atoms with van der Waals surface area (Å²) in [6, 6.07) is 34.2. The quantitative estimate of drug-likeness (QED) is 0.311. The first kappa shape index (κ1) is 24.5. The largest absolute Gasteiger partial charge is 0.487 e. The van der Waals surface area contributed by atoms with Crippen molar-refractivity contribution >= 4 is 23.2 Å². The molecule has 4 aromatic carbocycles. The lowest BCUT2D eigenvalue weighted by molar-refractivity contribution is -0.114. The van der Waals surface area contributed by atoms with Crippen LogP contribution in [0.15, 0.2) is 109 Å². The smallest absolute Gasteiger partial charge is 0.253 e. The van der Waals surface area contributed by atoms with Crippen molar-refractivity contribution < 1.29 is 14.3 Å². The summed E-state index contributed by atoms with van der Waals surface area (Å²) in [6.07, 6.45) is 0. The Morgan fingerprint density at radius 2 is 1.44 bits per heavy atom. The highest BCUT2D eigenvalue weighted by Crippen LogP contribution is 2.24. The van der Waals surface area contributed by atoms with Crippen LogP contribution < -0.4 is 15.4 Å². The number of benzene rings is 4. The van der Waals surface area contributed by atoms with Gasteiger partial charge in [-0.15, -0.1) is 0 Å². The maximum absolute atomic E-state index is 12.9. The van der Waals surface area contributed by atoms with E-state index in [2.05, 4.69) is 10.6 Å². The van der Waals surface area contributed by atoms with E-state index in [1.807, 2.05) is 84.9 Å². The lowest BCUT2D eigenvalue weighted by Crippen LogP contribution is -2.26. The second kappa shape index (κ2) is 12.2. The molecule has 0 unspecified atom stereocenters. The first-order valence-corrected chi connectivity index (χ1v) is 11.8. The zero-order valence-corrected chi connectivity index (χ0v) is 20.2. The number of carbonyl (C=O) groups excluding carboxylic acids is 2. The fourth-order valence-corrected chi connectivity index (χ4v) is 3.73. The minimum Gasteiger partial charge on any atom is -0.487 e. The number of nitrogens with one attached hydrogen (secondary N) is 2. The van der Waals surface area contributed by atoms with Crippen LogP contribution in [0.2, 0.25) is 0 Å². The van der Waals surface area contributed by atoms with Crippen molar-refractivity contribution in [2.45, 2.75) is 13.2 Å². The highest BCUT2D eigenvalue weighted by atomic mass is 16.5. The maximum Gasteiger partial charge on any atom is 0.253 e. The summed E-state index contributed by atoms with van der Waals surface area (Å²) in [5.41, 5.74) is 3.93. The Morgan fingerprint density at radius 1 is 0.778 bits per heavy atom. The van der Waals surface area contributed by atoms with Gasteiger partial charge in [-0.25, -0.2) is 0 Å². The van der Waals surface area contributed by atoms with Gasteiger partial charge < -0.3 is 20.3 Å². The van der Waals surface area contributed by atoms with Gasteiger partial charge in [-0.2, -0.15) is 0 Å². The molecule has 0 radical (unpaired) electrons. The van der Waals surface area contributed by atoms with Crippen molar-refractivity contribution in [1.82, 2.24) is 4.90 Å². The van der Waals surface area contributed by atoms with Gasteiger partial charge in [0.1, 0.15) is 12.4 Å². The van der Waals surface area contributed by atoms with Crippen LogP contribution in [0.3, 0.4) is 0 Å². The highest BCUT2D eigenvalue weighted by Gasteiger charge is 2.13. The SMILES string of the molecule is CN(Cc1ccccc1)C(=O)c1cccc(NC(=O)CNc2ccccc2OCc2ccccc2)c1. The zero-order valence-electron chi connectivity index (χ0n) is 20.2. The fraction of sp³-hybridized carbons (Fsp3) is 0.133. The Morgan fingerprint density at radius 3 is 2.19 bits per heavy atom. The number of hydrogen-bond donors (Lipinski definition) is 2. The molecule has 0 fully saturated rings. The number of ether oxygens (including phenoxy) is 1. The van der Waals surface area contributed by atoms with Crippen molar-refractivity contribution in [3.63, 3.8) is 0 Å². The Balaban J connectivity index is 1.32. The number of hydrogen-bond acceptors (Lipinski definition) is 4. The normalized spacial score (nSPS) is 10.4. The van der Waals surface area contributed by atoms with Gasteiger partial charge in [0.15, 0.2) is 0 Å². The van der Waals surface area contributed by atoms with Crippen molar-refractivity contribution in [3.8, 4) is 5.75 Å². The van der Waals surface area contributed by atoms with Crippen LogP contribution in [0.25, 0.3) is 0 Å². The van der Waals surface area contributed by atoms with Crippen molar-refractivity contribution in [2.75, 3.05) is 24.2 Å². The van der Waals surface area contributed by atoms with E-state index in [9.17, 15) is 9.59 Å². The van der Waals surface area contributed by atoms with Gasteiger partial charge in [0, 0.05) is 24.8 Å². The number of carbonyl (C=O) groups is 2. The first-order chi connectivity index (χ1) is 17.6. The first-order valence-electron chi connectivity index (χ1n) is 11.8. The molecule has 0 saturated carbocycles. The molecule has 0 bridgehead atoms. The third-order valence-corrected chi connectivity index (χ3v) is 5.57. The van der Waals surface area contributed by atoms with Crippen LogP contribution >= 0.6 is 0 Å². The summed E-state index contributed by atoms with van der Waals surface area (Å²) in [7, 11) is 1.77. The standard InChI is InChI=1S/C30H29N3O3/c1-33(21-23-11-4-2-5-12-23)30(35)25-15-10-16-26(19-25)32-29(34)20-31-27-17-8-9-18-28(27)36-22-24-13-6-3-7-14-24/h2-19,31H,20-22H2,1H3,(H,32,34). The van der Waals surface area contributed by atoms with Gasteiger partial charge in [0.2, 0.25) is 5.91 Å². The molecule has 0 heterocycles. The minimum absolute atomic E-state index is 0.0534. The molecule has 0 aliphatic rings. The molecule has 0 saturated heterocycles. The predicted octanol–water partition coefficient (Wildman–Crippen LogP) is 5.59. The molecule has 4 rings (SSSR count). The summed E-state index contributed by atoms with van der Waals surface area (Å²) in [5, 5.41) is 6.00. The molecule has 0 aliphatic heterocycles. The summed E-state index contributed by atoms with van der Waals surface area (Å²) in [4.78, 5) is 27.2. The van der Waals surface area contributed by atoms with Gasteiger partial charge in [-0.05, 0) is 41.5 Å². The van der Waals surface area contributed by atoms with E-state index in [-0.39, 0.29) is 18.4 Å². The Kier molecular flexibility index (Phi) is 8.33. The van der Waals surface area contributed by atoms with Crippen LogP contribution in [0.5, 0.6) is 5.75 Å². The van der Waals surface area contributed by atoms with Crippen molar-refractivity contribution in [2.24, 2.45) is 0 Å². The molecule has 0 aliphatic carbocycles. The molecule has 2 N–H and O–H groups in total. The van der Waals surface area contributed by atoms with Gasteiger partial charge in [-0.1, -0.05) is 78.9 Å². The summed E-state index contributed by atoms with van der Waals surface area (Å²) in [6.45, 7) is 0.995. The van der Waals surface area contributed by atoms with E-state index in [0.717, 1.165) is 16.8 Å². The Hall–Kier alpha value is -4.58. The summed E-state index contributed by atoms with van der Waals surface area (Å²) < 4.78 is 5.94. The second-order valence-corrected chi connectivity index (χ2v) is 8.40. The van der Waals surface area contributed by atoms with Crippen LogP contribution in [0, 0.1) is 0 Å². The lowest BCUT2D eigenvalue weighted by atomic mass is 10.1. The maximum atomic E-state index is 12.9. The summed E-state index contributed by atoms with van der Waals surface area (Å²) in [5.74, 6) is 0.330. The van der Waals surface area contributed by atoms with E-state index in [1.165, 1.54) is 0 Å². The topological polar surface area (TPSA) is 70.7 Å². The third-order valence-electron chi connectivity index (χ3n) is 5.57. The summed E-state index contributed by atoms with van der Waals surface area (Å²) >= 11 is 0. The van der Waals surface area contributed by atoms with Crippen LogP contribution in [-0.2, 0) is 17.9 Å². The van der Waals surface area contributed by atoms with Gasteiger partial charge in [-0.3, -0.25) is 9.59 Å². The number of para-hydroxylation sites is 2. The van der Waals surface area contributed by atoms with Crippen LogP contribution in [0.4, 0.5) is 11.4 Å². The van der Waals surface area contributed by atoms with Gasteiger partial charge >= 0.3 is 0 Å². The van der Waals surface area contributed by atoms with Gasteiger partial charge in [0.25, 0.3) is 5.91 Å². The average Bonchev–Trinajstić information content (AvgIpc) is 2.92. The van der Waals surface area contributed by atoms with E-state index >= 15 is 0 Å². The molecule has 0 atom stereocenters. The molecule has 0 spiro atoms.